The summed E-state index contributed by atoms with van der Waals surface area (Å²) < 4.78 is 22.4. The summed E-state index contributed by atoms with van der Waals surface area (Å²) in [5, 5.41) is 23.0. The fourth-order valence-corrected chi connectivity index (χ4v) is 4.89. The predicted octanol–water partition coefficient (Wildman–Crippen LogP) is 4.55. The Morgan fingerprint density at radius 2 is 2.00 bits per heavy atom. The lowest BCUT2D eigenvalue weighted by Crippen LogP contribution is -2.43. The number of hydrogen-bond acceptors (Lipinski definition) is 5. The summed E-state index contributed by atoms with van der Waals surface area (Å²) in [4.78, 5) is 0. The molecule has 0 spiro atoms. The van der Waals surface area contributed by atoms with E-state index in [9.17, 15) is 9.50 Å². The maximum atomic E-state index is 14.8. The second kappa shape index (κ2) is 7.70. The molecule has 4 atom stereocenters. The molecular weight excluding hydrogens is 383 g/mol. The van der Waals surface area contributed by atoms with E-state index in [0.29, 0.717) is 23.1 Å². The summed E-state index contributed by atoms with van der Waals surface area (Å²) >= 11 is 0. The lowest BCUT2D eigenvalue weighted by molar-refractivity contribution is -0.0216. The number of phenols is 1. The third kappa shape index (κ3) is 3.64. The van der Waals surface area contributed by atoms with E-state index < -0.39 is 12.3 Å². The summed E-state index contributed by atoms with van der Waals surface area (Å²) in [6.45, 7) is 0. The molecule has 1 unspecified atom stereocenters. The van der Waals surface area contributed by atoms with E-state index in [-0.39, 0.29) is 11.7 Å². The second-order valence-corrected chi connectivity index (χ2v) is 8.52. The van der Waals surface area contributed by atoms with Crippen LogP contribution in [0.25, 0.3) is 22.4 Å². The maximum Gasteiger partial charge on any atom is 0.233 e. The highest BCUT2D eigenvalue weighted by molar-refractivity contribution is 5.73. The zero-order chi connectivity index (χ0) is 20.7. The first-order chi connectivity index (χ1) is 14.6. The zero-order valence-electron chi connectivity index (χ0n) is 16.9. The van der Waals surface area contributed by atoms with Gasteiger partial charge in [-0.3, -0.25) is 4.68 Å². The fourth-order valence-electron chi connectivity index (χ4n) is 4.89. The Hall–Kier alpha value is -2.96. The molecule has 0 amide bonds. The highest BCUT2D eigenvalue weighted by atomic mass is 19.1. The molecule has 2 saturated carbocycles. The van der Waals surface area contributed by atoms with Gasteiger partial charge in [0.1, 0.15) is 18.0 Å². The molecule has 2 aliphatic carbocycles. The number of rotatable bonds is 4. The van der Waals surface area contributed by atoms with Gasteiger partial charge in [0, 0.05) is 30.4 Å². The Kier molecular flexibility index (Phi) is 4.89. The van der Waals surface area contributed by atoms with Gasteiger partial charge in [-0.2, -0.15) is 5.10 Å². The van der Waals surface area contributed by atoms with Crippen molar-refractivity contribution in [3.8, 4) is 34.0 Å². The molecule has 2 aromatic heterocycles. The van der Waals surface area contributed by atoms with Gasteiger partial charge in [-0.05, 0) is 54.9 Å². The number of ether oxygens (including phenoxy) is 1. The lowest BCUT2D eigenvalue weighted by Gasteiger charge is -2.41. The number of aryl methyl sites for hydroxylation is 1. The third-order valence-electron chi connectivity index (χ3n) is 6.42. The van der Waals surface area contributed by atoms with Gasteiger partial charge in [0.05, 0.1) is 11.9 Å². The Labute approximate surface area is 174 Å². The zero-order valence-corrected chi connectivity index (χ0v) is 16.9. The van der Waals surface area contributed by atoms with Crippen molar-refractivity contribution in [3.63, 3.8) is 0 Å². The fraction of sp³-hybridized carbons (Fsp3) is 0.435. The third-order valence-corrected chi connectivity index (χ3v) is 6.42. The standard InChI is InChI=1S/C23H25FN4O2/c1-28-13-17(12-25-28)15-5-6-18(20(29)11-15)19-7-8-22(27-26-19)30-21-10-14-3-2-4-16(9-14)23(21)24/h5-8,11-14,16,21,23,29H,2-4,9-10H2,1H3/t14?,16-,21-,23+/m1/s1. The van der Waals surface area contributed by atoms with Gasteiger partial charge in [0.2, 0.25) is 5.88 Å². The summed E-state index contributed by atoms with van der Waals surface area (Å²) in [6, 6.07) is 8.85. The van der Waals surface area contributed by atoms with Gasteiger partial charge in [-0.25, -0.2) is 4.39 Å². The van der Waals surface area contributed by atoms with E-state index in [1.165, 1.54) is 6.42 Å². The van der Waals surface area contributed by atoms with E-state index in [1.54, 1.807) is 29.1 Å². The van der Waals surface area contributed by atoms with Crippen LogP contribution in [0.2, 0.25) is 0 Å². The van der Waals surface area contributed by atoms with E-state index in [2.05, 4.69) is 15.3 Å². The van der Waals surface area contributed by atoms with Gasteiger partial charge < -0.3 is 9.84 Å². The predicted molar refractivity (Wildman–Crippen MR) is 111 cm³/mol. The summed E-state index contributed by atoms with van der Waals surface area (Å²) in [6.07, 6.45) is 7.24. The highest BCUT2D eigenvalue weighted by Gasteiger charge is 2.41. The van der Waals surface area contributed by atoms with Crippen molar-refractivity contribution < 1.29 is 14.2 Å². The monoisotopic (exact) mass is 408 g/mol. The maximum absolute atomic E-state index is 14.8. The van der Waals surface area contributed by atoms with E-state index in [4.69, 9.17) is 4.74 Å². The molecule has 0 radical (unpaired) electrons. The number of fused-ring (bicyclic) bond motifs is 2. The molecule has 30 heavy (non-hydrogen) atoms. The van der Waals surface area contributed by atoms with Crippen LogP contribution in [0.1, 0.15) is 32.1 Å². The van der Waals surface area contributed by atoms with Gasteiger partial charge in [0.25, 0.3) is 0 Å². The number of aromatic hydroxyl groups is 1. The van der Waals surface area contributed by atoms with Crippen LogP contribution in [-0.2, 0) is 7.05 Å². The minimum absolute atomic E-state index is 0.114. The first kappa shape index (κ1) is 19.0. The number of nitrogens with zero attached hydrogens (tertiary/aromatic N) is 4. The Bertz CT molecular complexity index is 1040. The van der Waals surface area contributed by atoms with Crippen LogP contribution in [0.3, 0.4) is 0 Å². The first-order valence-electron chi connectivity index (χ1n) is 10.5. The summed E-state index contributed by atoms with van der Waals surface area (Å²) in [7, 11) is 1.85. The Morgan fingerprint density at radius 3 is 2.73 bits per heavy atom. The van der Waals surface area contributed by atoms with Crippen LogP contribution in [0.5, 0.6) is 11.6 Å². The van der Waals surface area contributed by atoms with Gasteiger partial charge in [-0.1, -0.05) is 18.9 Å². The van der Waals surface area contributed by atoms with Crippen LogP contribution >= 0.6 is 0 Å². The van der Waals surface area contributed by atoms with E-state index >= 15 is 0 Å². The average molecular weight is 408 g/mol. The van der Waals surface area contributed by atoms with Crippen LogP contribution in [0.4, 0.5) is 4.39 Å². The minimum Gasteiger partial charge on any atom is -0.507 e. The summed E-state index contributed by atoms with van der Waals surface area (Å²) in [5.74, 6) is 1.12. The largest absolute Gasteiger partial charge is 0.507 e. The molecule has 156 valence electrons. The molecule has 0 saturated heterocycles. The highest BCUT2D eigenvalue weighted by Crippen LogP contribution is 2.42. The molecule has 2 aliphatic rings. The van der Waals surface area contributed by atoms with Gasteiger partial charge >= 0.3 is 0 Å². The van der Waals surface area contributed by atoms with Crippen molar-refractivity contribution in [2.45, 2.75) is 44.4 Å². The van der Waals surface area contributed by atoms with E-state index in [0.717, 1.165) is 36.8 Å². The van der Waals surface area contributed by atoms with Crippen molar-refractivity contribution in [1.82, 2.24) is 20.0 Å². The van der Waals surface area contributed by atoms with Crippen LogP contribution < -0.4 is 4.74 Å². The number of hydrogen-bond donors (Lipinski definition) is 1. The topological polar surface area (TPSA) is 73.1 Å². The smallest absolute Gasteiger partial charge is 0.233 e. The van der Waals surface area contributed by atoms with Crippen molar-refractivity contribution in [2.75, 3.05) is 0 Å². The molecule has 0 aliphatic heterocycles. The molecule has 7 heteroatoms. The van der Waals surface area contributed by atoms with Crippen LogP contribution in [-0.4, -0.2) is 37.4 Å². The Balaban J connectivity index is 1.31. The lowest BCUT2D eigenvalue weighted by atomic mass is 9.70. The SMILES string of the molecule is Cn1cc(-c2ccc(-c3ccc(O[C@@H]4CC5CCC[C@H](C5)[C@@H]4F)nn3)c(O)c2)cn1. The number of aromatic nitrogens is 4. The number of benzene rings is 1. The van der Waals surface area contributed by atoms with Crippen LogP contribution in [0, 0.1) is 11.8 Å². The molecule has 2 bridgehead atoms. The molecule has 3 aromatic rings. The Morgan fingerprint density at radius 1 is 1.10 bits per heavy atom. The second-order valence-electron chi connectivity index (χ2n) is 8.52. The quantitative estimate of drug-likeness (QED) is 0.686. The molecule has 6 nitrogen and oxygen atoms in total. The minimum atomic E-state index is -0.938. The molecule has 2 heterocycles. The van der Waals surface area contributed by atoms with Crippen molar-refractivity contribution in [2.24, 2.45) is 18.9 Å². The molecule has 1 aromatic carbocycles. The molecular formula is C23H25FN4O2. The van der Waals surface area contributed by atoms with E-state index in [1.807, 2.05) is 25.4 Å². The van der Waals surface area contributed by atoms with Crippen molar-refractivity contribution in [1.29, 1.82) is 0 Å². The van der Waals surface area contributed by atoms with Gasteiger partial charge in [-0.15, -0.1) is 10.2 Å². The molecule has 1 N–H and O–H groups in total. The molecule has 5 rings (SSSR count). The van der Waals surface area contributed by atoms with Crippen LogP contribution in [0.15, 0.2) is 42.7 Å². The van der Waals surface area contributed by atoms with Crippen molar-refractivity contribution >= 4 is 0 Å². The number of alkyl halides is 1. The van der Waals surface area contributed by atoms with Gasteiger partial charge in [0.15, 0.2) is 0 Å². The van der Waals surface area contributed by atoms with Crippen molar-refractivity contribution in [3.05, 3.63) is 42.7 Å². The average Bonchev–Trinajstić information content (AvgIpc) is 3.19. The number of phenolic OH excluding ortho intramolecular Hbond substituents is 1. The molecule has 2 fully saturated rings. The number of halogens is 1. The normalized spacial score (nSPS) is 25.8. The summed E-state index contributed by atoms with van der Waals surface area (Å²) in [5.41, 5.74) is 2.91. The first-order valence-corrected chi connectivity index (χ1v) is 10.5.